The highest BCUT2D eigenvalue weighted by Gasteiger charge is 2.23. The highest BCUT2D eigenvalue weighted by Crippen LogP contribution is 2.22. The van der Waals surface area contributed by atoms with Crippen molar-refractivity contribution in [2.45, 2.75) is 26.9 Å². The number of rotatable bonds is 5. The fourth-order valence-electron chi connectivity index (χ4n) is 2.94. The maximum absolute atomic E-state index is 12.6. The maximum Gasteiger partial charge on any atom is 0.340 e. The Balaban J connectivity index is 1.74. The number of carbonyl (C=O) groups is 2. The predicted octanol–water partition coefficient (Wildman–Crippen LogP) is 4.33. The Hall–Kier alpha value is -3.12. The number of amides is 1. The summed E-state index contributed by atoms with van der Waals surface area (Å²) in [6, 6.07) is 14.7. The van der Waals surface area contributed by atoms with E-state index in [1.54, 1.807) is 18.2 Å². The van der Waals surface area contributed by atoms with Crippen LogP contribution in [-0.4, -0.2) is 27.5 Å². The molecule has 2 heterocycles. The molecule has 0 aliphatic carbocycles. The molecule has 3 aromatic rings. The molecule has 1 aromatic carbocycles. The predicted molar refractivity (Wildman–Crippen MR) is 108 cm³/mol. The van der Waals surface area contributed by atoms with Crippen LogP contribution in [0.2, 0.25) is 5.15 Å². The van der Waals surface area contributed by atoms with Crippen LogP contribution in [0.4, 0.5) is 5.69 Å². The van der Waals surface area contributed by atoms with Crippen LogP contribution >= 0.6 is 11.6 Å². The minimum Gasteiger partial charge on any atom is -0.449 e. The number of esters is 1. The van der Waals surface area contributed by atoms with Crippen LogP contribution in [-0.2, 0) is 9.53 Å². The number of benzene rings is 1. The van der Waals surface area contributed by atoms with E-state index in [9.17, 15) is 9.59 Å². The monoisotopic (exact) mass is 397 g/mol. The number of aromatic nitrogens is 2. The van der Waals surface area contributed by atoms with Gasteiger partial charge in [0.25, 0.3) is 5.91 Å². The molecule has 0 aliphatic heterocycles. The zero-order valence-corrected chi connectivity index (χ0v) is 16.5. The van der Waals surface area contributed by atoms with Crippen molar-refractivity contribution in [3.05, 3.63) is 76.8 Å². The highest BCUT2D eigenvalue weighted by molar-refractivity contribution is 6.32. The van der Waals surface area contributed by atoms with Crippen LogP contribution in [0, 0.1) is 13.8 Å². The Bertz CT molecular complexity index is 1010. The Morgan fingerprint density at radius 2 is 1.86 bits per heavy atom. The molecule has 1 atom stereocenters. The van der Waals surface area contributed by atoms with Crippen LogP contribution in [0.15, 0.2) is 54.7 Å². The molecule has 1 N–H and O–H groups in total. The number of para-hydroxylation sites is 1. The molecule has 2 aromatic heterocycles. The summed E-state index contributed by atoms with van der Waals surface area (Å²) < 4.78 is 7.34. The summed E-state index contributed by atoms with van der Waals surface area (Å²) in [6.07, 6.45) is 0.521. The topological polar surface area (TPSA) is 73.2 Å². The lowest BCUT2D eigenvalue weighted by Gasteiger charge is -2.14. The number of carbonyl (C=O) groups excluding carboxylic acids is 2. The Kier molecular flexibility index (Phi) is 5.80. The van der Waals surface area contributed by atoms with E-state index in [0.717, 1.165) is 17.1 Å². The van der Waals surface area contributed by atoms with Gasteiger partial charge in [-0.15, -0.1) is 0 Å². The first kappa shape index (κ1) is 19.6. The molecule has 7 heteroatoms. The fourth-order valence-corrected chi connectivity index (χ4v) is 3.10. The van der Waals surface area contributed by atoms with E-state index in [1.165, 1.54) is 13.1 Å². The van der Waals surface area contributed by atoms with Crippen molar-refractivity contribution >= 4 is 29.2 Å². The number of halogens is 1. The molecular formula is C21H20ClN3O3. The van der Waals surface area contributed by atoms with Gasteiger partial charge in [-0.3, -0.25) is 4.79 Å². The molecular weight excluding hydrogens is 378 g/mol. The average Bonchev–Trinajstić information content (AvgIpc) is 2.98. The van der Waals surface area contributed by atoms with Gasteiger partial charge in [-0.1, -0.05) is 29.8 Å². The SMILES string of the molecule is Cc1cc(C(=O)O[C@@H](C)C(=O)Nc2cccnc2Cl)c(C)n1-c1ccccc1. The quantitative estimate of drug-likeness (QED) is 0.513. The molecule has 6 nitrogen and oxygen atoms in total. The molecule has 0 aliphatic rings. The van der Waals surface area contributed by atoms with Gasteiger partial charge in [0, 0.05) is 23.3 Å². The van der Waals surface area contributed by atoms with Gasteiger partial charge in [0.1, 0.15) is 0 Å². The van der Waals surface area contributed by atoms with E-state index in [1.807, 2.05) is 48.7 Å². The smallest absolute Gasteiger partial charge is 0.340 e. The zero-order valence-electron chi connectivity index (χ0n) is 15.8. The Morgan fingerprint density at radius 1 is 1.14 bits per heavy atom. The second kappa shape index (κ2) is 8.27. The third-order valence-corrected chi connectivity index (χ3v) is 4.64. The first-order chi connectivity index (χ1) is 13.4. The van der Waals surface area contributed by atoms with E-state index in [4.69, 9.17) is 16.3 Å². The van der Waals surface area contributed by atoms with Gasteiger partial charge in [-0.2, -0.15) is 0 Å². The summed E-state index contributed by atoms with van der Waals surface area (Å²) in [4.78, 5) is 28.9. The van der Waals surface area contributed by atoms with Gasteiger partial charge in [-0.05, 0) is 51.1 Å². The number of nitrogens with one attached hydrogen (secondary N) is 1. The number of aryl methyl sites for hydroxylation is 1. The van der Waals surface area contributed by atoms with Crippen LogP contribution in [0.1, 0.15) is 28.7 Å². The number of anilines is 1. The van der Waals surface area contributed by atoms with Crippen molar-refractivity contribution < 1.29 is 14.3 Å². The van der Waals surface area contributed by atoms with Gasteiger partial charge < -0.3 is 14.6 Å². The van der Waals surface area contributed by atoms with Gasteiger partial charge in [0.2, 0.25) is 0 Å². The third-order valence-electron chi connectivity index (χ3n) is 4.34. The number of nitrogens with zero attached hydrogens (tertiary/aromatic N) is 2. The normalized spacial score (nSPS) is 11.7. The summed E-state index contributed by atoms with van der Waals surface area (Å²) in [5, 5.41) is 2.78. The van der Waals surface area contributed by atoms with Crippen molar-refractivity contribution in [2.24, 2.45) is 0 Å². The Labute approximate surface area is 168 Å². The lowest BCUT2D eigenvalue weighted by Crippen LogP contribution is -2.30. The van der Waals surface area contributed by atoms with E-state index < -0.39 is 18.0 Å². The van der Waals surface area contributed by atoms with E-state index in [2.05, 4.69) is 10.3 Å². The molecule has 0 fully saturated rings. The van der Waals surface area contributed by atoms with Gasteiger partial charge >= 0.3 is 5.97 Å². The minimum absolute atomic E-state index is 0.167. The summed E-state index contributed by atoms with van der Waals surface area (Å²) >= 11 is 5.94. The molecule has 28 heavy (non-hydrogen) atoms. The second-order valence-corrected chi connectivity index (χ2v) is 6.69. The highest BCUT2D eigenvalue weighted by atomic mass is 35.5. The molecule has 0 saturated carbocycles. The number of ether oxygens (including phenoxy) is 1. The van der Waals surface area contributed by atoms with Crippen molar-refractivity contribution in [2.75, 3.05) is 5.32 Å². The summed E-state index contributed by atoms with van der Waals surface area (Å²) in [7, 11) is 0. The van der Waals surface area contributed by atoms with Crippen LogP contribution in [0.3, 0.4) is 0 Å². The molecule has 0 radical (unpaired) electrons. The molecule has 0 spiro atoms. The van der Waals surface area contributed by atoms with E-state index >= 15 is 0 Å². The Morgan fingerprint density at radius 3 is 2.54 bits per heavy atom. The van der Waals surface area contributed by atoms with Gasteiger partial charge in [0.05, 0.1) is 11.3 Å². The number of hydrogen-bond acceptors (Lipinski definition) is 4. The van der Waals surface area contributed by atoms with Gasteiger partial charge in [-0.25, -0.2) is 9.78 Å². The molecule has 0 bridgehead atoms. The lowest BCUT2D eigenvalue weighted by molar-refractivity contribution is -0.123. The van der Waals surface area contributed by atoms with Crippen LogP contribution in [0.25, 0.3) is 5.69 Å². The lowest BCUT2D eigenvalue weighted by atomic mass is 10.2. The minimum atomic E-state index is -0.997. The fraction of sp³-hybridized carbons (Fsp3) is 0.190. The van der Waals surface area contributed by atoms with Gasteiger partial charge in [0.15, 0.2) is 11.3 Å². The first-order valence-electron chi connectivity index (χ1n) is 8.75. The largest absolute Gasteiger partial charge is 0.449 e. The summed E-state index contributed by atoms with van der Waals surface area (Å²) in [6.45, 7) is 5.27. The van der Waals surface area contributed by atoms with Crippen LogP contribution in [0.5, 0.6) is 0 Å². The van der Waals surface area contributed by atoms with Crippen molar-refractivity contribution in [1.82, 2.24) is 9.55 Å². The molecule has 0 saturated heterocycles. The van der Waals surface area contributed by atoms with E-state index in [0.29, 0.717) is 11.3 Å². The summed E-state index contributed by atoms with van der Waals surface area (Å²) in [5.41, 5.74) is 3.37. The average molecular weight is 398 g/mol. The molecule has 1 amide bonds. The standard InChI is InChI=1S/C21H20ClN3O3/c1-13-12-17(14(2)25(13)16-8-5-4-6-9-16)21(27)28-15(3)20(26)24-18-10-7-11-23-19(18)22/h4-12,15H,1-3H3,(H,24,26)/t15-/m0/s1. The first-order valence-corrected chi connectivity index (χ1v) is 9.13. The van der Waals surface area contributed by atoms with E-state index in [-0.39, 0.29) is 5.15 Å². The van der Waals surface area contributed by atoms with Crippen molar-refractivity contribution in [1.29, 1.82) is 0 Å². The zero-order chi connectivity index (χ0) is 20.3. The molecule has 144 valence electrons. The van der Waals surface area contributed by atoms with Crippen molar-refractivity contribution in [3.63, 3.8) is 0 Å². The molecule has 3 rings (SSSR count). The summed E-state index contributed by atoms with van der Waals surface area (Å²) in [5.74, 6) is -1.05. The van der Waals surface area contributed by atoms with Crippen LogP contribution < -0.4 is 5.32 Å². The van der Waals surface area contributed by atoms with Crippen molar-refractivity contribution in [3.8, 4) is 5.69 Å². The maximum atomic E-state index is 12.6. The third kappa shape index (κ3) is 4.07. The molecule has 0 unspecified atom stereocenters. The number of pyridine rings is 1. The number of hydrogen-bond donors (Lipinski definition) is 1. The second-order valence-electron chi connectivity index (χ2n) is 6.33.